The molecular formula is C27H25N3OS2. The Morgan fingerprint density at radius 1 is 0.879 bits per heavy atom. The zero-order valence-corrected chi connectivity index (χ0v) is 20.8. The third-order valence-electron chi connectivity index (χ3n) is 5.88. The molecule has 0 spiro atoms. The maximum Gasteiger partial charge on any atom is 0.274 e. The van der Waals surface area contributed by atoms with Crippen LogP contribution in [0.2, 0.25) is 0 Å². The fourth-order valence-corrected chi connectivity index (χ4v) is 6.39. The van der Waals surface area contributed by atoms with Gasteiger partial charge in [0.2, 0.25) is 0 Å². The van der Waals surface area contributed by atoms with E-state index in [-0.39, 0.29) is 5.91 Å². The van der Waals surface area contributed by atoms with Gasteiger partial charge in [-0.25, -0.2) is 4.99 Å². The molecular weight excluding hydrogens is 446 g/mol. The molecule has 1 amide bonds. The van der Waals surface area contributed by atoms with Crippen molar-refractivity contribution < 1.29 is 4.79 Å². The largest absolute Gasteiger partial charge is 0.334 e. The van der Waals surface area contributed by atoms with Crippen LogP contribution in [0.3, 0.4) is 0 Å². The van der Waals surface area contributed by atoms with Crippen molar-refractivity contribution >= 4 is 51.7 Å². The number of thioether (sulfide) groups is 2. The summed E-state index contributed by atoms with van der Waals surface area (Å²) < 4.78 is 0. The highest BCUT2D eigenvalue weighted by Gasteiger charge is 2.40. The number of aryl methyl sites for hydroxylation is 3. The van der Waals surface area contributed by atoms with Crippen molar-refractivity contribution in [3.05, 3.63) is 93.4 Å². The number of rotatable bonds is 3. The molecule has 166 valence electrons. The van der Waals surface area contributed by atoms with E-state index in [2.05, 4.69) is 49.9 Å². The number of carbonyl (C=O) groups excluding carboxylic acids is 1. The first-order valence-electron chi connectivity index (χ1n) is 11.0. The molecule has 2 aliphatic heterocycles. The van der Waals surface area contributed by atoms with Crippen molar-refractivity contribution in [2.45, 2.75) is 32.6 Å². The first-order valence-corrected chi connectivity index (χ1v) is 12.6. The lowest BCUT2D eigenvalue weighted by Crippen LogP contribution is -2.29. The molecule has 3 aromatic carbocycles. The molecule has 3 aromatic rings. The lowest BCUT2D eigenvalue weighted by atomic mass is 10.1. The maximum atomic E-state index is 13.9. The van der Waals surface area contributed by atoms with E-state index in [0.29, 0.717) is 5.17 Å². The Labute approximate surface area is 203 Å². The molecule has 0 aliphatic carbocycles. The van der Waals surface area contributed by atoms with Crippen LogP contribution in [0.25, 0.3) is 0 Å². The molecule has 1 fully saturated rings. The van der Waals surface area contributed by atoms with Crippen molar-refractivity contribution in [3.8, 4) is 0 Å². The van der Waals surface area contributed by atoms with Gasteiger partial charge < -0.3 is 4.90 Å². The number of aliphatic imine (C=N–C) groups is 1. The molecule has 6 heteroatoms. The minimum absolute atomic E-state index is 0.0260. The highest BCUT2D eigenvalue weighted by molar-refractivity contribution is 8.20. The van der Waals surface area contributed by atoms with Crippen LogP contribution >= 0.6 is 23.5 Å². The third-order valence-corrected chi connectivity index (χ3v) is 8.22. The average Bonchev–Trinajstić information content (AvgIpc) is 3.33. The Bertz CT molecular complexity index is 1330. The molecule has 5 rings (SSSR count). The lowest BCUT2D eigenvalue weighted by molar-refractivity contribution is -0.113. The number of nitrogens with zero attached hydrogens (tertiary/aromatic N) is 3. The van der Waals surface area contributed by atoms with Crippen LogP contribution in [0.5, 0.6) is 0 Å². The zero-order chi connectivity index (χ0) is 23.1. The van der Waals surface area contributed by atoms with Gasteiger partial charge in [-0.15, -0.1) is 0 Å². The second-order valence-electron chi connectivity index (χ2n) is 8.19. The van der Waals surface area contributed by atoms with Gasteiger partial charge in [-0.3, -0.25) is 9.69 Å². The predicted octanol–water partition coefficient (Wildman–Crippen LogP) is 7.18. The van der Waals surface area contributed by atoms with Gasteiger partial charge in [0.05, 0.1) is 17.1 Å². The topological polar surface area (TPSA) is 35.9 Å². The summed E-state index contributed by atoms with van der Waals surface area (Å²) in [5.41, 5.74) is 6.37. The molecule has 0 aromatic heterocycles. The van der Waals surface area contributed by atoms with Crippen LogP contribution in [0, 0.1) is 20.8 Å². The number of benzene rings is 3. The first-order chi connectivity index (χ1) is 16.0. The molecule has 0 atom stereocenters. The molecule has 0 saturated carbocycles. The molecule has 1 saturated heterocycles. The quantitative estimate of drug-likeness (QED) is 0.379. The van der Waals surface area contributed by atoms with E-state index in [1.54, 1.807) is 16.7 Å². The Morgan fingerprint density at radius 3 is 2.45 bits per heavy atom. The Morgan fingerprint density at radius 2 is 1.70 bits per heavy atom. The van der Waals surface area contributed by atoms with Gasteiger partial charge in [0, 0.05) is 11.4 Å². The minimum atomic E-state index is -0.0260. The monoisotopic (exact) mass is 471 g/mol. The van der Waals surface area contributed by atoms with Crippen LogP contribution in [0.1, 0.15) is 23.6 Å². The Balaban J connectivity index is 1.64. The highest BCUT2D eigenvalue weighted by Crippen LogP contribution is 2.51. The van der Waals surface area contributed by atoms with E-state index < -0.39 is 0 Å². The Kier molecular flexibility index (Phi) is 5.81. The number of hydrogen-bond donors (Lipinski definition) is 0. The van der Waals surface area contributed by atoms with Gasteiger partial charge in [-0.1, -0.05) is 42.1 Å². The summed E-state index contributed by atoms with van der Waals surface area (Å²) in [4.78, 5) is 24.7. The summed E-state index contributed by atoms with van der Waals surface area (Å²) >= 11 is 3.13. The SMILES string of the molecule is CCN1/C(=C2/SC(=Nc3ccc(C)c(C)c3)N(c3cccc(C)c3)C2=O)Sc2ccccc21. The Hall–Kier alpha value is -2.96. The van der Waals surface area contributed by atoms with Crippen LogP contribution < -0.4 is 9.80 Å². The normalized spacial score (nSPS) is 19.0. The number of para-hydroxylation sites is 1. The smallest absolute Gasteiger partial charge is 0.274 e. The summed E-state index contributed by atoms with van der Waals surface area (Å²) in [6.07, 6.45) is 0. The standard InChI is InChI=1S/C27H25N3OS2/c1-5-29-22-11-6-7-12-23(22)32-26(29)24-25(31)30(21-10-8-9-17(2)15-21)27(33-24)28-20-14-13-18(3)19(4)16-20/h6-16H,5H2,1-4H3/b26-24-,28-27?. The number of amides is 1. The summed E-state index contributed by atoms with van der Waals surface area (Å²) in [5, 5.41) is 1.67. The van der Waals surface area contributed by atoms with Crippen molar-refractivity contribution in [1.29, 1.82) is 0 Å². The van der Waals surface area contributed by atoms with E-state index in [1.165, 1.54) is 27.8 Å². The molecule has 0 radical (unpaired) electrons. The predicted molar refractivity (Wildman–Crippen MR) is 142 cm³/mol. The molecule has 2 heterocycles. The van der Waals surface area contributed by atoms with Gasteiger partial charge >= 0.3 is 0 Å². The van der Waals surface area contributed by atoms with Gasteiger partial charge in [0.1, 0.15) is 9.93 Å². The summed E-state index contributed by atoms with van der Waals surface area (Å²) in [6.45, 7) is 9.14. The van der Waals surface area contributed by atoms with E-state index >= 15 is 0 Å². The van der Waals surface area contributed by atoms with E-state index in [0.717, 1.165) is 39.1 Å². The van der Waals surface area contributed by atoms with E-state index in [4.69, 9.17) is 4.99 Å². The van der Waals surface area contributed by atoms with Crippen LogP contribution in [-0.4, -0.2) is 17.6 Å². The fourth-order valence-electron chi connectivity index (χ4n) is 4.00. The van der Waals surface area contributed by atoms with Crippen molar-refractivity contribution in [2.75, 3.05) is 16.3 Å². The molecule has 0 N–H and O–H groups in total. The molecule has 0 bridgehead atoms. The minimum Gasteiger partial charge on any atom is -0.334 e. The van der Waals surface area contributed by atoms with Crippen LogP contribution in [-0.2, 0) is 4.79 Å². The molecule has 0 unspecified atom stereocenters. The second-order valence-corrected chi connectivity index (χ2v) is 10.2. The number of fused-ring (bicyclic) bond motifs is 1. The van der Waals surface area contributed by atoms with Gasteiger partial charge in [0.15, 0.2) is 5.17 Å². The summed E-state index contributed by atoms with van der Waals surface area (Å²) in [7, 11) is 0. The molecule has 2 aliphatic rings. The maximum absolute atomic E-state index is 13.9. The lowest BCUT2D eigenvalue weighted by Gasteiger charge is -2.19. The van der Waals surface area contributed by atoms with Crippen molar-refractivity contribution in [3.63, 3.8) is 0 Å². The van der Waals surface area contributed by atoms with Crippen molar-refractivity contribution in [1.82, 2.24) is 0 Å². The van der Waals surface area contributed by atoms with E-state index in [1.807, 2.05) is 49.4 Å². The molecule has 33 heavy (non-hydrogen) atoms. The van der Waals surface area contributed by atoms with Gasteiger partial charge in [0.25, 0.3) is 5.91 Å². The van der Waals surface area contributed by atoms with Crippen LogP contribution in [0.4, 0.5) is 17.1 Å². The zero-order valence-electron chi connectivity index (χ0n) is 19.1. The first kappa shape index (κ1) is 21.9. The number of amidine groups is 1. The molecule has 4 nitrogen and oxygen atoms in total. The van der Waals surface area contributed by atoms with Gasteiger partial charge in [-0.05, 0) is 92.5 Å². The summed E-state index contributed by atoms with van der Waals surface area (Å²) in [6, 6.07) is 22.5. The van der Waals surface area contributed by atoms with E-state index in [9.17, 15) is 4.79 Å². The number of hydrogen-bond acceptors (Lipinski definition) is 5. The number of anilines is 2. The number of carbonyl (C=O) groups is 1. The second kappa shape index (κ2) is 8.76. The average molecular weight is 472 g/mol. The third kappa shape index (κ3) is 3.98. The van der Waals surface area contributed by atoms with Crippen molar-refractivity contribution in [2.24, 2.45) is 4.99 Å². The van der Waals surface area contributed by atoms with Crippen LogP contribution in [0.15, 0.2) is 86.6 Å². The summed E-state index contributed by atoms with van der Waals surface area (Å²) in [5.74, 6) is -0.0260. The fraction of sp³-hybridized carbons (Fsp3) is 0.185. The van der Waals surface area contributed by atoms with Gasteiger partial charge in [-0.2, -0.15) is 0 Å². The highest BCUT2D eigenvalue weighted by atomic mass is 32.2.